The van der Waals surface area contributed by atoms with Gasteiger partial charge in [0.1, 0.15) is 11.4 Å². The molecule has 9 heteroatoms. The number of anilines is 1. The van der Waals surface area contributed by atoms with Gasteiger partial charge < -0.3 is 10.1 Å². The molecule has 1 fully saturated rings. The largest absolute Gasteiger partial charge is 0.444 e. The van der Waals surface area contributed by atoms with E-state index in [1.165, 1.54) is 12.1 Å². The lowest BCUT2D eigenvalue weighted by atomic mass is 9.97. The van der Waals surface area contributed by atoms with Crippen LogP contribution in [0.3, 0.4) is 0 Å². The topological polar surface area (TPSA) is 67.4 Å². The third-order valence-electron chi connectivity index (χ3n) is 7.36. The molecule has 4 heterocycles. The quantitative estimate of drug-likeness (QED) is 0.360. The van der Waals surface area contributed by atoms with Crippen molar-refractivity contribution in [3.63, 3.8) is 0 Å². The molecule has 2 bridgehead atoms. The fourth-order valence-electron chi connectivity index (χ4n) is 5.60. The summed E-state index contributed by atoms with van der Waals surface area (Å²) in [6.45, 7) is 9.23. The molecule has 1 saturated heterocycles. The molecule has 1 aromatic carbocycles. The van der Waals surface area contributed by atoms with Crippen LogP contribution in [0.25, 0.3) is 16.5 Å². The third-order valence-corrected chi connectivity index (χ3v) is 7.36. The van der Waals surface area contributed by atoms with Crippen LogP contribution in [0.15, 0.2) is 42.6 Å². The summed E-state index contributed by atoms with van der Waals surface area (Å²) in [4.78, 5) is 24.1. The first-order valence-electron chi connectivity index (χ1n) is 13.2. The Morgan fingerprint density at radius 2 is 1.92 bits per heavy atom. The molecule has 0 saturated carbocycles. The Morgan fingerprint density at radius 1 is 1.18 bits per heavy atom. The van der Waals surface area contributed by atoms with Crippen molar-refractivity contribution in [2.45, 2.75) is 84.0 Å². The van der Waals surface area contributed by atoms with Gasteiger partial charge in [0.15, 0.2) is 0 Å². The monoisotopic (exact) mass is 538 g/mol. The second-order valence-corrected chi connectivity index (χ2v) is 11.3. The number of pyridine rings is 2. The lowest BCUT2D eigenvalue weighted by molar-refractivity contribution is 0.0175. The molecule has 3 atom stereocenters. The Bertz CT molecular complexity index is 1450. The number of aryl methyl sites for hydroxylation is 1. The van der Waals surface area contributed by atoms with E-state index in [0.29, 0.717) is 17.6 Å². The van der Waals surface area contributed by atoms with Gasteiger partial charge in [0, 0.05) is 28.9 Å². The van der Waals surface area contributed by atoms with Gasteiger partial charge in [-0.15, -0.1) is 0 Å². The minimum Gasteiger partial charge on any atom is -0.444 e. The van der Waals surface area contributed by atoms with Crippen LogP contribution in [0.1, 0.15) is 81.9 Å². The maximum absolute atomic E-state index is 14.8. The Morgan fingerprint density at radius 3 is 2.62 bits per heavy atom. The van der Waals surface area contributed by atoms with E-state index >= 15 is 0 Å². The van der Waals surface area contributed by atoms with E-state index in [1.54, 1.807) is 19.2 Å². The van der Waals surface area contributed by atoms with Crippen LogP contribution in [0.4, 0.5) is 23.7 Å². The Balaban J connectivity index is 1.46. The van der Waals surface area contributed by atoms with Gasteiger partial charge in [0.25, 0.3) is 6.43 Å². The van der Waals surface area contributed by atoms with Crippen molar-refractivity contribution >= 4 is 28.3 Å². The van der Waals surface area contributed by atoms with Crippen LogP contribution in [-0.2, 0) is 4.74 Å². The molecule has 206 valence electrons. The maximum atomic E-state index is 14.8. The molecule has 0 aliphatic carbocycles. The zero-order valence-electron chi connectivity index (χ0n) is 22.8. The van der Waals surface area contributed by atoms with E-state index in [4.69, 9.17) is 9.72 Å². The zero-order chi connectivity index (χ0) is 28.1. The van der Waals surface area contributed by atoms with E-state index in [2.05, 4.69) is 16.4 Å². The highest BCUT2D eigenvalue weighted by molar-refractivity contribution is 5.94. The molecule has 2 aliphatic heterocycles. The van der Waals surface area contributed by atoms with Crippen molar-refractivity contribution in [1.29, 1.82) is 0 Å². The highest BCUT2D eigenvalue weighted by atomic mass is 19.3. The first-order valence-corrected chi connectivity index (χ1v) is 13.2. The summed E-state index contributed by atoms with van der Waals surface area (Å²) < 4.78 is 47.0. The van der Waals surface area contributed by atoms with Gasteiger partial charge in [0.05, 0.1) is 34.6 Å². The van der Waals surface area contributed by atoms with Crippen LogP contribution >= 0.6 is 0 Å². The first kappa shape index (κ1) is 27.0. The summed E-state index contributed by atoms with van der Waals surface area (Å²) >= 11 is 0. The number of carbonyl (C=O) groups excluding carboxylic acids is 1. The second-order valence-electron chi connectivity index (χ2n) is 11.3. The number of rotatable bonds is 5. The van der Waals surface area contributed by atoms with Crippen molar-refractivity contribution in [3.05, 3.63) is 70.9 Å². The van der Waals surface area contributed by atoms with E-state index in [-0.39, 0.29) is 23.7 Å². The molecule has 0 radical (unpaired) electrons. The number of benzene rings is 1. The van der Waals surface area contributed by atoms with E-state index in [1.807, 2.05) is 38.7 Å². The number of hydrogen-bond donors (Lipinski definition) is 1. The Hall–Kier alpha value is -3.62. The van der Waals surface area contributed by atoms with Gasteiger partial charge in [-0.25, -0.2) is 18.0 Å². The number of hydrogen-bond acceptors (Lipinski definition) is 5. The molecule has 1 N–H and O–H groups in total. The summed E-state index contributed by atoms with van der Waals surface area (Å²) in [5.74, 6) is -0.901. The number of fused-ring (bicyclic) bond motifs is 3. The second kappa shape index (κ2) is 10.2. The lowest BCUT2D eigenvalue weighted by Gasteiger charge is -2.35. The minimum atomic E-state index is -2.89. The number of halogens is 3. The molecule has 5 rings (SSSR count). The SMILES string of the molecule is Cc1nc(C2=CC3CCC(C2)N3C(=O)OC(C)(C)C)cc2c(N[C@H](C)c3cccc(C(F)F)c3F)ccnc12. The summed E-state index contributed by atoms with van der Waals surface area (Å²) in [5, 5.41) is 4.10. The van der Waals surface area contributed by atoms with Crippen LogP contribution in [0, 0.1) is 12.7 Å². The number of aromatic nitrogens is 2. The molecule has 2 aromatic heterocycles. The van der Waals surface area contributed by atoms with Crippen molar-refractivity contribution in [2.75, 3.05) is 5.32 Å². The minimum absolute atomic E-state index is 0.0410. The van der Waals surface area contributed by atoms with Gasteiger partial charge in [-0.2, -0.15) is 0 Å². The van der Waals surface area contributed by atoms with Crippen LogP contribution < -0.4 is 5.32 Å². The Labute approximate surface area is 226 Å². The predicted octanol–water partition coefficient (Wildman–Crippen LogP) is 7.74. The smallest absolute Gasteiger partial charge is 0.411 e. The van der Waals surface area contributed by atoms with Crippen molar-refractivity contribution in [2.24, 2.45) is 0 Å². The molecular weight excluding hydrogens is 505 g/mol. The number of nitrogens with zero attached hydrogens (tertiary/aromatic N) is 3. The number of amides is 1. The molecule has 39 heavy (non-hydrogen) atoms. The van der Waals surface area contributed by atoms with E-state index in [9.17, 15) is 18.0 Å². The van der Waals surface area contributed by atoms with Crippen molar-refractivity contribution < 1.29 is 22.7 Å². The van der Waals surface area contributed by atoms with Crippen LogP contribution in [0.2, 0.25) is 0 Å². The lowest BCUT2D eigenvalue weighted by Crippen LogP contribution is -2.45. The average molecular weight is 539 g/mol. The highest BCUT2D eigenvalue weighted by Crippen LogP contribution is 2.40. The molecule has 6 nitrogen and oxygen atoms in total. The number of carbonyl (C=O) groups is 1. The third kappa shape index (κ3) is 5.31. The standard InChI is InChI=1S/C30H33F3N4O2/c1-16(21-7-6-8-22(26(21)31)28(32)33)35-24-11-12-34-27-17(2)36-25(15-23(24)27)18-13-19-9-10-20(14-18)37(19)29(38)39-30(3,4)5/h6-8,11-13,15-16,19-20,28H,9-10,14H2,1-5H3,(H,34,35)/t16-,19?,20?/m1/s1. The van der Waals surface area contributed by atoms with Crippen molar-refractivity contribution in [1.82, 2.24) is 14.9 Å². The number of nitrogens with one attached hydrogen (secondary N) is 1. The van der Waals surface area contributed by atoms with Gasteiger partial charge in [-0.1, -0.05) is 24.3 Å². The van der Waals surface area contributed by atoms with Gasteiger partial charge in [-0.05, 0) is 71.6 Å². The summed E-state index contributed by atoms with van der Waals surface area (Å²) in [7, 11) is 0. The van der Waals surface area contributed by atoms with Crippen LogP contribution in [0.5, 0.6) is 0 Å². The summed E-state index contributed by atoms with van der Waals surface area (Å²) in [6, 6.07) is 7.23. The normalized spacial score (nSPS) is 19.8. The fourth-order valence-corrected chi connectivity index (χ4v) is 5.60. The molecule has 3 aromatic rings. The molecular formula is C30H33F3N4O2. The van der Waals surface area contributed by atoms with Gasteiger partial charge >= 0.3 is 6.09 Å². The highest BCUT2D eigenvalue weighted by Gasteiger charge is 2.42. The first-order chi connectivity index (χ1) is 18.4. The molecule has 2 unspecified atom stereocenters. The number of ether oxygens (including phenoxy) is 1. The Kier molecular flexibility index (Phi) is 7.03. The van der Waals surface area contributed by atoms with Crippen LogP contribution in [-0.4, -0.2) is 38.6 Å². The van der Waals surface area contributed by atoms with Crippen molar-refractivity contribution in [3.8, 4) is 0 Å². The fraction of sp³-hybridized carbons (Fsp3) is 0.433. The summed E-state index contributed by atoms with van der Waals surface area (Å²) in [6.07, 6.45) is 3.01. The molecule has 1 amide bonds. The van der Waals surface area contributed by atoms with E-state index < -0.39 is 29.4 Å². The average Bonchev–Trinajstić information content (AvgIpc) is 3.13. The number of alkyl halides is 2. The van der Waals surface area contributed by atoms with Gasteiger partial charge in [0.2, 0.25) is 0 Å². The maximum Gasteiger partial charge on any atom is 0.411 e. The molecule has 2 aliphatic rings. The van der Waals surface area contributed by atoms with Gasteiger partial charge in [-0.3, -0.25) is 14.9 Å². The zero-order valence-corrected chi connectivity index (χ0v) is 22.8. The summed E-state index contributed by atoms with van der Waals surface area (Å²) in [5.41, 5.74) is 3.01. The van der Waals surface area contributed by atoms with E-state index in [0.717, 1.165) is 41.3 Å². The molecule has 0 spiro atoms. The predicted molar refractivity (Wildman–Crippen MR) is 145 cm³/mol.